The summed E-state index contributed by atoms with van der Waals surface area (Å²) in [6, 6.07) is 7.27. The van der Waals surface area contributed by atoms with E-state index in [9.17, 15) is 9.90 Å². The van der Waals surface area contributed by atoms with Crippen molar-refractivity contribution in [1.82, 2.24) is 14.5 Å². The predicted octanol–water partition coefficient (Wildman–Crippen LogP) is 5.04. The normalized spacial score (nSPS) is 20.4. The fourth-order valence-corrected chi connectivity index (χ4v) is 4.25. The van der Waals surface area contributed by atoms with Crippen LogP contribution in [0, 0.1) is 0 Å². The summed E-state index contributed by atoms with van der Waals surface area (Å²) in [5, 5.41) is 13.9. The van der Waals surface area contributed by atoms with E-state index in [4.69, 9.17) is 27.9 Å². The monoisotopic (exact) mass is 435 g/mol. The summed E-state index contributed by atoms with van der Waals surface area (Å²) in [4.78, 5) is 18.5. The average molecular weight is 436 g/mol. The van der Waals surface area contributed by atoms with Crippen molar-refractivity contribution in [2.45, 2.75) is 44.9 Å². The quantitative estimate of drug-likeness (QED) is 0.581. The molecule has 3 heterocycles. The number of aliphatic hydroxyl groups excluding tert-OH is 1. The van der Waals surface area contributed by atoms with Crippen molar-refractivity contribution in [2.75, 3.05) is 13.1 Å². The average Bonchev–Trinajstić information content (AvgIpc) is 2.93. The number of carbonyl (C=O) groups excluding carboxylic acids is 1. The number of β-amino-alcohol motifs (C(OH)–C–C–N with tert-alkyl or cyclic N) is 1. The van der Waals surface area contributed by atoms with Gasteiger partial charge in [-0.15, -0.1) is 0 Å². The number of pyridine rings is 1. The molecule has 8 heteroatoms. The van der Waals surface area contributed by atoms with Gasteiger partial charge in [-0.2, -0.15) is 0 Å². The second-order valence-corrected chi connectivity index (χ2v) is 9.28. The van der Waals surface area contributed by atoms with E-state index >= 15 is 0 Å². The molecular formula is C21H23Cl2N3O3. The minimum absolute atomic E-state index is 0.196. The van der Waals surface area contributed by atoms with Crippen LogP contribution in [0.15, 0.2) is 30.5 Å². The summed E-state index contributed by atoms with van der Waals surface area (Å²) < 4.78 is 7.48. The molecule has 1 aromatic carbocycles. The summed E-state index contributed by atoms with van der Waals surface area (Å²) in [6.07, 6.45) is 1.01. The Morgan fingerprint density at radius 2 is 1.93 bits per heavy atom. The number of benzene rings is 1. The molecule has 0 bridgehead atoms. The number of aliphatic hydroxyl groups is 1. The maximum atomic E-state index is 12.4. The van der Waals surface area contributed by atoms with Gasteiger partial charge in [0.25, 0.3) is 0 Å². The molecular weight excluding hydrogens is 413 g/mol. The Labute approximate surface area is 179 Å². The van der Waals surface area contributed by atoms with Crippen LogP contribution in [0.4, 0.5) is 4.79 Å². The molecule has 1 aliphatic rings. The van der Waals surface area contributed by atoms with E-state index in [0.29, 0.717) is 23.0 Å². The summed E-state index contributed by atoms with van der Waals surface area (Å²) in [6.45, 7) is 6.16. The first-order valence-electron chi connectivity index (χ1n) is 9.55. The SMILES string of the molecule is CC(C)(C)OC(=O)N1CCC(n2c3ccc(Cl)cc3c3cc(Cl)cnc32)C(O)C1. The third kappa shape index (κ3) is 3.89. The minimum atomic E-state index is -0.761. The highest BCUT2D eigenvalue weighted by atomic mass is 35.5. The number of fused-ring (bicyclic) bond motifs is 3. The van der Waals surface area contributed by atoms with Gasteiger partial charge in [0.2, 0.25) is 0 Å². The number of likely N-dealkylation sites (tertiary alicyclic amines) is 1. The van der Waals surface area contributed by atoms with E-state index in [0.717, 1.165) is 21.9 Å². The van der Waals surface area contributed by atoms with E-state index in [1.165, 1.54) is 0 Å². The lowest BCUT2D eigenvalue weighted by Gasteiger charge is -2.37. The molecule has 1 amide bonds. The molecule has 2 atom stereocenters. The molecule has 1 aliphatic heterocycles. The Morgan fingerprint density at radius 3 is 2.62 bits per heavy atom. The molecule has 1 saturated heterocycles. The number of aromatic nitrogens is 2. The van der Waals surface area contributed by atoms with Crippen molar-refractivity contribution in [3.05, 3.63) is 40.5 Å². The van der Waals surface area contributed by atoms with Crippen LogP contribution >= 0.6 is 23.2 Å². The highest BCUT2D eigenvalue weighted by Crippen LogP contribution is 2.37. The van der Waals surface area contributed by atoms with Crippen LogP contribution in [0.5, 0.6) is 0 Å². The Kier molecular flexibility index (Phi) is 5.13. The van der Waals surface area contributed by atoms with E-state index in [-0.39, 0.29) is 12.6 Å². The topological polar surface area (TPSA) is 67.6 Å². The number of ether oxygens (including phenoxy) is 1. The van der Waals surface area contributed by atoms with Crippen molar-refractivity contribution in [1.29, 1.82) is 0 Å². The summed E-state index contributed by atoms with van der Waals surface area (Å²) in [5.74, 6) is 0. The maximum absolute atomic E-state index is 12.4. The first-order valence-corrected chi connectivity index (χ1v) is 10.3. The highest BCUT2D eigenvalue weighted by molar-refractivity contribution is 6.33. The third-order valence-corrected chi connectivity index (χ3v) is 5.54. The van der Waals surface area contributed by atoms with Crippen LogP contribution in [0.2, 0.25) is 10.0 Å². The molecule has 29 heavy (non-hydrogen) atoms. The van der Waals surface area contributed by atoms with Crippen LogP contribution in [0.25, 0.3) is 21.9 Å². The van der Waals surface area contributed by atoms with Gasteiger partial charge >= 0.3 is 6.09 Å². The molecule has 0 spiro atoms. The van der Waals surface area contributed by atoms with Gasteiger partial charge in [-0.25, -0.2) is 9.78 Å². The lowest BCUT2D eigenvalue weighted by Crippen LogP contribution is -2.48. The van der Waals surface area contributed by atoms with Gasteiger partial charge in [0.05, 0.1) is 29.2 Å². The smallest absolute Gasteiger partial charge is 0.410 e. The van der Waals surface area contributed by atoms with Gasteiger partial charge in [-0.3, -0.25) is 0 Å². The van der Waals surface area contributed by atoms with Crippen molar-refractivity contribution in [3.8, 4) is 0 Å². The number of nitrogens with zero attached hydrogens (tertiary/aromatic N) is 3. The summed E-state index contributed by atoms with van der Waals surface area (Å²) in [7, 11) is 0. The first-order chi connectivity index (χ1) is 13.6. The number of hydrogen-bond acceptors (Lipinski definition) is 4. The molecule has 3 aromatic rings. The van der Waals surface area contributed by atoms with E-state index < -0.39 is 17.8 Å². The van der Waals surface area contributed by atoms with Crippen LogP contribution in [0.3, 0.4) is 0 Å². The third-order valence-electron chi connectivity index (χ3n) is 5.10. The zero-order valence-electron chi connectivity index (χ0n) is 16.5. The Balaban J connectivity index is 1.71. The Bertz CT molecular complexity index is 1030. The second-order valence-electron chi connectivity index (χ2n) is 8.41. The van der Waals surface area contributed by atoms with Gasteiger partial charge in [-0.1, -0.05) is 23.2 Å². The number of carbonyl (C=O) groups is 1. The van der Waals surface area contributed by atoms with Gasteiger partial charge in [0.1, 0.15) is 11.2 Å². The van der Waals surface area contributed by atoms with Crippen molar-refractivity contribution >= 4 is 51.2 Å². The molecule has 2 unspecified atom stereocenters. The molecule has 0 radical (unpaired) electrons. The number of hydrogen-bond donors (Lipinski definition) is 1. The molecule has 0 saturated carbocycles. The molecule has 154 valence electrons. The predicted molar refractivity (Wildman–Crippen MR) is 115 cm³/mol. The van der Waals surface area contributed by atoms with Crippen LogP contribution in [-0.2, 0) is 4.74 Å². The summed E-state index contributed by atoms with van der Waals surface area (Å²) >= 11 is 12.4. The highest BCUT2D eigenvalue weighted by Gasteiger charge is 2.35. The fraction of sp³-hybridized carbons (Fsp3) is 0.429. The molecule has 1 fully saturated rings. The number of amides is 1. The molecule has 6 nitrogen and oxygen atoms in total. The minimum Gasteiger partial charge on any atom is -0.444 e. The first kappa shape index (κ1) is 20.3. The van der Waals surface area contributed by atoms with Crippen molar-refractivity contribution in [2.24, 2.45) is 0 Å². The van der Waals surface area contributed by atoms with Crippen LogP contribution in [-0.4, -0.2) is 50.4 Å². The Hall–Kier alpha value is -2.02. The number of piperidine rings is 1. The largest absolute Gasteiger partial charge is 0.444 e. The van der Waals surface area contributed by atoms with E-state index in [2.05, 4.69) is 4.98 Å². The summed E-state index contributed by atoms with van der Waals surface area (Å²) in [5.41, 5.74) is 1.09. The van der Waals surface area contributed by atoms with Gasteiger partial charge < -0.3 is 19.3 Å². The molecule has 1 N–H and O–H groups in total. The van der Waals surface area contributed by atoms with Crippen molar-refractivity contribution in [3.63, 3.8) is 0 Å². The number of halogens is 2. The zero-order valence-corrected chi connectivity index (χ0v) is 18.0. The lowest BCUT2D eigenvalue weighted by molar-refractivity contribution is -0.00886. The maximum Gasteiger partial charge on any atom is 0.410 e. The van der Waals surface area contributed by atoms with Crippen molar-refractivity contribution < 1.29 is 14.6 Å². The molecule has 2 aromatic heterocycles. The molecule has 4 rings (SSSR count). The van der Waals surface area contributed by atoms with Crippen LogP contribution < -0.4 is 0 Å². The standard InChI is InChI=1S/C21H23Cl2N3O3/c1-21(2,3)29-20(28)25-7-6-17(18(27)11-25)26-16-5-4-12(22)8-14(16)15-9-13(23)10-24-19(15)26/h4-5,8-10,17-18,27H,6-7,11H2,1-3H3. The van der Waals surface area contributed by atoms with E-state index in [1.807, 2.05) is 49.6 Å². The second kappa shape index (κ2) is 7.35. The van der Waals surface area contributed by atoms with Gasteiger partial charge in [0, 0.05) is 28.5 Å². The van der Waals surface area contributed by atoms with Gasteiger partial charge in [-0.05, 0) is 51.5 Å². The van der Waals surface area contributed by atoms with Crippen LogP contribution in [0.1, 0.15) is 33.2 Å². The molecule has 0 aliphatic carbocycles. The zero-order chi connectivity index (χ0) is 20.9. The fourth-order valence-electron chi connectivity index (χ4n) is 3.92. The number of rotatable bonds is 1. The van der Waals surface area contributed by atoms with E-state index in [1.54, 1.807) is 11.1 Å². The lowest BCUT2D eigenvalue weighted by atomic mass is 10.0. The Morgan fingerprint density at radius 1 is 1.21 bits per heavy atom. The van der Waals surface area contributed by atoms with Gasteiger partial charge in [0.15, 0.2) is 0 Å².